The number of hydrogen-bond acceptors (Lipinski definition) is 5. The van der Waals surface area contributed by atoms with Crippen LogP contribution in [0.5, 0.6) is 5.75 Å². The van der Waals surface area contributed by atoms with Gasteiger partial charge in [0, 0.05) is 42.1 Å². The number of fused-ring (bicyclic) bond motifs is 1. The summed E-state index contributed by atoms with van der Waals surface area (Å²) in [4.78, 5) is 17.7. The first-order chi connectivity index (χ1) is 18.4. The van der Waals surface area contributed by atoms with Crippen molar-refractivity contribution >= 4 is 33.0 Å². The molecule has 2 aliphatic heterocycles. The zero-order valence-electron chi connectivity index (χ0n) is 23.1. The fraction of sp³-hybridized carbons (Fsp3) is 0.387. The van der Waals surface area contributed by atoms with Crippen LogP contribution >= 0.6 is 0 Å². The van der Waals surface area contributed by atoms with Gasteiger partial charge in [-0.25, -0.2) is 8.42 Å². The Labute approximate surface area is 231 Å². The zero-order valence-corrected chi connectivity index (χ0v) is 23.9. The minimum Gasteiger partial charge on any atom is -0.506 e. The van der Waals surface area contributed by atoms with Gasteiger partial charge in [-0.05, 0) is 78.1 Å². The molecule has 0 saturated carbocycles. The van der Waals surface area contributed by atoms with Crippen molar-refractivity contribution in [3.63, 3.8) is 0 Å². The van der Waals surface area contributed by atoms with Crippen LogP contribution in [0.2, 0.25) is 0 Å². The molecule has 1 fully saturated rings. The number of carbonyl (C=O) groups is 1. The van der Waals surface area contributed by atoms with Gasteiger partial charge in [-0.15, -0.1) is 0 Å². The highest BCUT2D eigenvalue weighted by Crippen LogP contribution is 2.38. The summed E-state index contributed by atoms with van der Waals surface area (Å²) in [5.41, 5.74) is 7.16. The molecular weight excluding hydrogens is 510 g/mol. The van der Waals surface area contributed by atoms with Crippen molar-refractivity contribution < 1.29 is 18.3 Å². The molecule has 0 spiro atoms. The van der Waals surface area contributed by atoms with Crippen molar-refractivity contribution in [1.29, 1.82) is 0 Å². The predicted molar refractivity (Wildman–Crippen MR) is 159 cm³/mol. The molecule has 0 aromatic heterocycles. The Morgan fingerprint density at radius 2 is 1.59 bits per heavy atom. The van der Waals surface area contributed by atoms with E-state index in [-0.39, 0.29) is 22.8 Å². The monoisotopic (exact) mass is 547 g/mol. The molecule has 3 aromatic carbocycles. The van der Waals surface area contributed by atoms with E-state index in [2.05, 4.69) is 54.7 Å². The van der Waals surface area contributed by atoms with Gasteiger partial charge in [0.05, 0.1) is 11.9 Å². The Morgan fingerprint density at radius 3 is 2.28 bits per heavy atom. The maximum atomic E-state index is 13.5. The number of carbonyl (C=O) groups excluding carboxylic acids is 1. The number of anilines is 3. The SMILES string of the molecule is CC(C)(C)c1ccc(-c2ccc3c(c2)CCN(c2ccc(O)c(NS(C)(=O)=O)c2)C3=O)c(N2CCCCC2)c1. The molecule has 0 unspecified atom stereocenters. The number of nitrogens with zero attached hydrogens (tertiary/aromatic N) is 2. The maximum Gasteiger partial charge on any atom is 0.258 e. The second-order valence-corrected chi connectivity index (χ2v) is 13.4. The fourth-order valence-electron chi connectivity index (χ4n) is 5.51. The van der Waals surface area contributed by atoms with E-state index in [1.807, 2.05) is 12.1 Å². The average molecular weight is 548 g/mol. The molecule has 0 atom stereocenters. The molecule has 3 aromatic rings. The number of piperidine rings is 1. The Hall–Kier alpha value is -3.52. The summed E-state index contributed by atoms with van der Waals surface area (Å²) < 4.78 is 25.7. The lowest BCUT2D eigenvalue weighted by Gasteiger charge is -2.33. The van der Waals surface area contributed by atoms with E-state index < -0.39 is 10.0 Å². The molecule has 2 aliphatic rings. The second kappa shape index (κ2) is 10.2. The molecule has 5 rings (SSSR count). The predicted octanol–water partition coefficient (Wildman–Crippen LogP) is 5.92. The van der Waals surface area contributed by atoms with Crippen molar-refractivity contribution in [3.8, 4) is 16.9 Å². The van der Waals surface area contributed by atoms with Crippen LogP contribution in [0.1, 0.15) is 61.5 Å². The molecule has 2 heterocycles. The summed E-state index contributed by atoms with van der Waals surface area (Å²) in [6, 6.07) is 17.4. The largest absolute Gasteiger partial charge is 0.506 e. The molecule has 0 radical (unpaired) electrons. The number of nitrogens with one attached hydrogen (secondary N) is 1. The molecule has 0 aliphatic carbocycles. The van der Waals surface area contributed by atoms with Crippen LogP contribution in [-0.2, 0) is 21.9 Å². The van der Waals surface area contributed by atoms with Gasteiger partial charge >= 0.3 is 0 Å². The van der Waals surface area contributed by atoms with Crippen LogP contribution in [0.15, 0.2) is 54.6 Å². The highest BCUT2D eigenvalue weighted by molar-refractivity contribution is 7.92. The van der Waals surface area contributed by atoms with Gasteiger partial charge in [-0.1, -0.05) is 45.0 Å². The van der Waals surface area contributed by atoms with Gasteiger partial charge in [0.15, 0.2) is 0 Å². The van der Waals surface area contributed by atoms with Crippen LogP contribution < -0.4 is 14.5 Å². The molecule has 8 heteroatoms. The van der Waals surface area contributed by atoms with Gasteiger partial charge in [0.25, 0.3) is 5.91 Å². The van der Waals surface area contributed by atoms with E-state index in [1.54, 1.807) is 11.0 Å². The summed E-state index contributed by atoms with van der Waals surface area (Å²) in [5, 5.41) is 10.1. The number of amides is 1. The Kier molecular flexibility index (Phi) is 7.10. The molecule has 0 bridgehead atoms. The third-order valence-corrected chi connectivity index (χ3v) is 8.23. The number of hydrogen-bond donors (Lipinski definition) is 2. The van der Waals surface area contributed by atoms with Crippen LogP contribution in [0.25, 0.3) is 11.1 Å². The van der Waals surface area contributed by atoms with Gasteiger partial charge in [-0.3, -0.25) is 9.52 Å². The number of phenols is 1. The molecule has 2 N–H and O–H groups in total. The normalized spacial score (nSPS) is 16.3. The molecule has 206 valence electrons. The first-order valence-electron chi connectivity index (χ1n) is 13.6. The minimum atomic E-state index is -3.58. The minimum absolute atomic E-state index is 0.0490. The van der Waals surface area contributed by atoms with E-state index in [4.69, 9.17) is 0 Å². The first kappa shape index (κ1) is 27.1. The highest BCUT2D eigenvalue weighted by atomic mass is 32.2. The summed E-state index contributed by atoms with van der Waals surface area (Å²) in [6.07, 6.45) is 5.37. The first-order valence-corrected chi connectivity index (χ1v) is 15.5. The Balaban J connectivity index is 1.48. The number of rotatable bonds is 5. The van der Waals surface area contributed by atoms with Crippen LogP contribution in [0.4, 0.5) is 17.1 Å². The average Bonchev–Trinajstić information content (AvgIpc) is 2.89. The standard InChI is InChI=1S/C31H37N3O4S/c1-31(2,3)23-9-12-25(28(19-23)33-15-6-5-7-16-33)21-8-11-26-22(18-21)14-17-34(30(26)36)24-10-13-29(35)27(20-24)32-39(4,37)38/h8-13,18-20,32,35H,5-7,14-17H2,1-4H3. The summed E-state index contributed by atoms with van der Waals surface area (Å²) in [6.45, 7) is 9.30. The Bertz CT molecular complexity index is 1520. The van der Waals surface area contributed by atoms with Crippen molar-refractivity contribution in [1.82, 2.24) is 0 Å². The van der Waals surface area contributed by atoms with E-state index in [0.717, 1.165) is 30.5 Å². The van der Waals surface area contributed by atoms with Crippen LogP contribution in [0, 0.1) is 0 Å². The highest BCUT2D eigenvalue weighted by Gasteiger charge is 2.27. The maximum absolute atomic E-state index is 13.5. The van der Waals surface area contributed by atoms with E-state index in [0.29, 0.717) is 24.2 Å². The van der Waals surface area contributed by atoms with Gasteiger partial charge in [0.2, 0.25) is 10.0 Å². The van der Waals surface area contributed by atoms with Gasteiger partial charge in [-0.2, -0.15) is 0 Å². The van der Waals surface area contributed by atoms with Crippen molar-refractivity contribution in [2.45, 2.75) is 51.9 Å². The zero-order chi connectivity index (χ0) is 27.9. The van der Waals surface area contributed by atoms with E-state index in [1.165, 1.54) is 48.2 Å². The van der Waals surface area contributed by atoms with Crippen molar-refractivity contribution in [2.75, 3.05) is 40.4 Å². The van der Waals surface area contributed by atoms with E-state index in [9.17, 15) is 18.3 Å². The lowest BCUT2D eigenvalue weighted by Crippen LogP contribution is -2.37. The topological polar surface area (TPSA) is 90.0 Å². The number of sulfonamides is 1. The summed E-state index contributed by atoms with van der Waals surface area (Å²) >= 11 is 0. The number of benzene rings is 3. The third-order valence-electron chi connectivity index (χ3n) is 7.64. The molecule has 1 saturated heterocycles. The smallest absolute Gasteiger partial charge is 0.258 e. The number of aromatic hydroxyl groups is 1. The number of phenolic OH excluding ortho intramolecular Hbond substituents is 1. The molecule has 7 nitrogen and oxygen atoms in total. The fourth-order valence-corrected chi connectivity index (χ4v) is 6.08. The van der Waals surface area contributed by atoms with E-state index >= 15 is 0 Å². The van der Waals surface area contributed by atoms with Crippen LogP contribution in [-0.4, -0.2) is 45.3 Å². The third kappa shape index (κ3) is 5.76. The lowest BCUT2D eigenvalue weighted by atomic mass is 9.84. The summed E-state index contributed by atoms with van der Waals surface area (Å²) in [5.74, 6) is -0.334. The quantitative estimate of drug-likeness (QED) is 0.387. The van der Waals surface area contributed by atoms with Gasteiger partial charge < -0.3 is 14.9 Å². The van der Waals surface area contributed by atoms with Crippen molar-refractivity contribution in [3.05, 3.63) is 71.3 Å². The lowest BCUT2D eigenvalue weighted by molar-refractivity contribution is 0.0980. The van der Waals surface area contributed by atoms with Crippen LogP contribution in [0.3, 0.4) is 0 Å². The van der Waals surface area contributed by atoms with Gasteiger partial charge in [0.1, 0.15) is 5.75 Å². The molecule has 39 heavy (non-hydrogen) atoms. The Morgan fingerprint density at radius 1 is 0.872 bits per heavy atom. The molecular formula is C31H37N3O4S. The van der Waals surface area contributed by atoms with Crippen molar-refractivity contribution in [2.24, 2.45) is 0 Å². The molecule has 1 amide bonds. The second-order valence-electron chi connectivity index (χ2n) is 11.7. The summed E-state index contributed by atoms with van der Waals surface area (Å²) in [7, 11) is -3.58.